The Morgan fingerprint density at radius 2 is 1.74 bits per heavy atom. The second kappa shape index (κ2) is 9.46. The molecule has 1 heterocycles. The van der Waals surface area contributed by atoms with Gasteiger partial charge in [0.15, 0.2) is 0 Å². The number of nitro benzene ring substituents is 1. The van der Waals surface area contributed by atoms with E-state index in [0.29, 0.717) is 11.6 Å². The molecule has 0 spiro atoms. The van der Waals surface area contributed by atoms with Crippen molar-refractivity contribution in [1.29, 1.82) is 0 Å². The van der Waals surface area contributed by atoms with E-state index in [1.165, 1.54) is 38.2 Å². The van der Waals surface area contributed by atoms with Crippen LogP contribution < -0.4 is 0 Å². The molecule has 6 heteroatoms. The molecule has 1 aliphatic carbocycles. The van der Waals surface area contributed by atoms with E-state index in [2.05, 4.69) is 4.90 Å². The SMILES string of the molecule is O=C(/C=C/C=C/c1ccccc1[N+](=O)[O-])N1CCN(C2CCCCC2)CC1. The average Bonchev–Trinajstić information content (AvgIpc) is 2.72. The molecule has 1 saturated carbocycles. The number of nitro groups is 1. The summed E-state index contributed by atoms with van der Waals surface area (Å²) in [6, 6.07) is 7.26. The lowest BCUT2D eigenvalue weighted by atomic mass is 9.94. The Hall–Kier alpha value is -2.47. The van der Waals surface area contributed by atoms with Gasteiger partial charge in [-0.2, -0.15) is 0 Å². The monoisotopic (exact) mass is 369 g/mol. The number of allylic oxidation sites excluding steroid dienone is 2. The standard InChI is InChI=1S/C21H27N3O3/c25-21(13-7-5-9-18-8-4-6-12-20(18)24(26)27)23-16-14-22(15-17-23)19-10-2-1-3-11-19/h4-9,12-13,19H,1-3,10-11,14-17H2/b9-5+,13-7+. The zero-order chi connectivity index (χ0) is 19.1. The van der Waals surface area contributed by atoms with Gasteiger partial charge in [0.1, 0.15) is 0 Å². The Morgan fingerprint density at radius 3 is 2.44 bits per heavy atom. The van der Waals surface area contributed by atoms with E-state index in [0.717, 1.165) is 26.2 Å². The summed E-state index contributed by atoms with van der Waals surface area (Å²) < 4.78 is 0. The summed E-state index contributed by atoms with van der Waals surface area (Å²) in [5.41, 5.74) is 0.591. The van der Waals surface area contributed by atoms with Crippen molar-refractivity contribution in [3.05, 3.63) is 58.2 Å². The Kier molecular flexibility index (Phi) is 6.76. The molecule has 2 aliphatic rings. The predicted octanol–water partition coefficient (Wildman–Crippen LogP) is 3.64. The van der Waals surface area contributed by atoms with Crippen molar-refractivity contribution in [2.45, 2.75) is 38.1 Å². The number of amides is 1. The lowest BCUT2D eigenvalue weighted by molar-refractivity contribution is -0.385. The Bertz CT molecular complexity index is 715. The number of piperazine rings is 1. The molecule has 0 atom stereocenters. The number of benzene rings is 1. The smallest absolute Gasteiger partial charge is 0.276 e. The molecule has 1 saturated heterocycles. The van der Waals surface area contributed by atoms with Crippen molar-refractivity contribution < 1.29 is 9.72 Å². The largest absolute Gasteiger partial charge is 0.337 e. The minimum atomic E-state index is -0.402. The van der Waals surface area contributed by atoms with Gasteiger partial charge in [-0.1, -0.05) is 43.5 Å². The van der Waals surface area contributed by atoms with Crippen LogP contribution in [0.15, 0.2) is 42.5 Å². The van der Waals surface area contributed by atoms with Gasteiger partial charge in [-0.15, -0.1) is 0 Å². The first-order valence-electron chi connectivity index (χ1n) is 9.76. The third-order valence-electron chi connectivity index (χ3n) is 5.48. The Morgan fingerprint density at radius 1 is 1.04 bits per heavy atom. The molecule has 0 N–H and O–H groups in total. The minimum absolute atomic E-state index is 0.00510. The van der Waals surface area contributed by atoms with Crippen LogP contribution in [0.25, 0.3) is 6.08 Å². The number of carbonyl (C=O) groups excluding carboxylic acids is 1. The van der Waals surface area contributed by atoms with Gasteiger partial charge in [0.25, 0.3) is 5.69 Å². The first-order chi connectivity index (χ1) is 13.1. The number of hydrogen-bond acceptors (Lipinski definition) is 4. The molecule has 1 amide bonds. The van der Waals surface area contributed by atoms with Crippen molar-refractivity contribution in [3.8, 4) is 0 Å². The van der Waals surface area contributed by atoms with Gasteiger partial charge in [0.05, 0.1) is 10.5 Å². The molecule has 6 nitrogen and oxygen atoms in total. The minimum Gasteiger partial charge on any atom is -0.337 e. The van der Waals surface area contributed by atoms with Gasteiger partial charge in [0, 0.05) is 44.4 Å². The van der Waals surface area contributed by atoms with E-state index in [1.54, 1.807) is 42.5 Å². The van der Waals surface area contributed by atoms with E-state index in [4.69, 9.17) is 0 Å². The maximum atomic E-state index is 12.3. The van der Waals surface area contributed by atoms with E-state index in [-0.39, 0.29) is 11.6 Å². The van der Waals surface area contributed by atoms with Gasteiger partial charge in [0.2, 0.25) is 5.91 Å². The topological polar surface area (TPSA) is 66.7 Å². The maximum absolute atomic E-state index is 12.3. The molecule has 27 heavy (non-hydrogen) atoms. The fraction of sp³-hybridized carbons (Fsp3) is 0.476. The summed E-state index contributed by atoms with van der Waals surface area (Å²) in [5.74, 6) is 0.00510. The predicted molar refractivity (Wildman–Crippen MR) is 106 cm³/mol. The normalized spacial score (nSPS) is 19.8. The molecular formula is C21H27N3O3. The van der Waals surface area contributed by atoms with Crippen LogP contribution in [0.5, 0.6) is 0 Å². The zero-order valence-electron chi connectivity index (χ0n) is 15.6. The molecule has 1 aliphatic heterocycles. The van der Waals surface area contributed by atoms with Crippen LogP contribution >= 0.6 is 0 Å². The fourth-order valence-electron chi connectivity index (χ4n) is 3.95. The maximum Gasteiger partial charge on any atom is 0.276 e. The zero-order valence-corrected chi connectivity index (χ0v) is 15.6. The van der Waals surface area contributed by atoms with Crippen molar-refractivity contribution >= 4 is 17.7 Å². The number of rotatable bonds is 5. The second-order valence-corrected chi connectivity index (χ2v) is 7.19. The van der Waals surface area contributed by atoms with Crippen LogP contribution in [0.3, 0.4) is 0 Å². The summed E-state index contributed by atoms with van der Waals surface area (Å²) in [5, 5.41) is 11.0. The highest BCUT2D eigenvalue weighted by atomic mass is 16.6. The van der Waals surface area contributed by atoms with E-state index in [9.17, 15) is 14.9 Å². The van der Waals surface area contributed by atoms with Gasteiger partial charge < -0.3 is 4.90 Å². The number of carbonyl (C=O) groups is 1. The number of hydrogen-bond donors (Lipinski definition) is 0. The Balaban J connectivity index is 1.49. The molecule has 0 radical (unpaired) electrons. The highest BCUT2D eigenvalue weighted by Crippen LogP contribution is 2.23. The van der Waals surface area contributed by atoms with Crippen molar-refractivity contribution in [2.75, 3.05) is 26.2 Å². The quantitative estimate of drug-likeness (QED) is 0.344. The van der Waals surface area contributed by atoms with E-state index in [1.807, 2.05) is 4.90 Å². The summed E-state index contributed by atoms with van der Waals surface area (Å²) in [6.07, 6.45) is 13.2. The molecule has 0 unspecified atom stereocenters. The fourth-order valence-corrected chi connectivity index (χ4v) is 3.95. The first kappa shape index (κ1) is 19.3. The first-order valence-corrected chi connectivity index (χ1v) is 9.76. The molecule has 0 bridgehead atoms. The van der Waals surface area contributed by atoms with Gasteiger partial charge in [-0.25, -0.2) is 0 Å². The van der Waals surface area contributed by atoms with E-state index < -0.39 is 4.92 Å². The molecular weight excluding hydrogens is 342 g/mol. The molecule has 1 aromatic rings. The number of para-hydroxylation sites is 1. The van der Waals surface area contributed by atoms with Crippen molar-refractivity contribution in [1.82, 2.24) is 9.80 Å². The molecule has 0 aromatic heterocycles. The second-order valence-electron chi connectivity index (χ2n) is 7.19. The summed E-state index contributed by atoms with van der Waals surface area (Å²) in [6.45, 7) is 3.45. The molecule has 3 rings (SSSR count). The van der Waals surface area contributed by atoms with Crippen molar-refractivity contribution in [2.24, 2.45) is 0 Å². The molecule has 2 fully saturated rings. The van der Waals surface area contributed by atoms with Gasteiger partial charge in [-0.05, 0) is 25.0 Å². The number of nitrogens with zero attached hydrogens (tertiary/aromatic N) is 3. The third-order valence-corrected chi connectivity index (χ3v) is 5.48. The summed E-state index contributed by atoms with van der Waals surface area (Å²) in [7, 11) is 0. The van der Waals surface area contributed by atoms with Crippen molar-refractivity contribution in [3.63, 3.8) is 0 Å². The third kappa shape index (κ3) is 5.26. The molecule has 144 valence electrons. The summed E-state index contributed by atoms with van der Waals surface area (Å²) >= 11 is 0. The van der Waals surface area contributed by atoms with Gasteiger partial charge in [-0.3, -0.25) is 19.8 Å². The van der Waals surface area contributed by atoms with Crippen LogP contribution in [0.4, 0.5) is 5.69 Å². The van der Waals surface area contributed by atoms with Crippen LogP contribution in [0.2, 0.25) is 0 Å². The highest BCUT2D eigenvalue weighted by Gasteiger charge is 2.26. The molecule has 1 aromatic carbocycles. The summed E-state index contributed by atoms with van der Waals surface area (Å²) in [4.78, 5) is 27.4. The van der Waals surface area contributed by atoms with Crippen LogP contribution in [0.1, 0.15) is 37.7 Å². The van der Waals surface area contributed by atoms with Crippen LogP contribution in [-0.2, 0) is 4.79 Å². The lowest BCUT2D eigenvalue weighted by Gasteiger charge is -2.40. The van der Waals surface area contributed by atoms with E-state index >= 15 is 0 Å². The van der Waals surface area contributed by atoms with Crippen LogP contribution in [0, 0.1) is 10.1 Å². The lowest BCUT2D eigenvalue weighted by Crippen LogP contribution is -2.52. The Labute approximate surface area is 160 Å². The highest BCUT2D eigenvalue weighted by molar-refractivity contribution is 5.88. The van der Waals surface area contributed by atoms with Gasteiger partial charge >= 0.3 is 0 Å². The van der Waals surface area contributed by atoms with Crippen LogP contribution in [-0.4, -0.2) is 52.9 Å². The average molecular weight is 369 g/mol.